The number of carbonyl (C=O) groups excluding carboxylic acids is 1. The number of methoxy groups -OCH3 is 1. The average molecular weight is 268 g/mol. The van der Waals surface area contributed by atoms with Gasteiger partial charge in [0.2, 0.25) is 5.91 Å². The minimum Gasteiger partial charge on any atom is -0.383 e. The van der Waals surface area contributed by atoms with Crippen LogP contribution in [0.2, 0.25) is 0 Å². The molecule has 0 radical (unpaired) electrons. The van der Waals surface area contributed by atoms with Gasteiger partial charge in [0.05, 0.1) is 12.5 Å². The van der Waals surface area contributed by atoms with Gasteiger partial charge in [0, 0.05) is 26.2 Å². The highest BCUT2D eigenvalue weighted by molar-refractivity contribution is 5.79. The Kier molecular flexibility index (Phi) is 5.64. The molecule has 0 aliphatic carbocycles. The molecule has 0 spiro atoms. The van der Waals surface area contributed by atoms with Crippen molar-refractivity contribution in [2.75, 3.05) is 40.4 Å². The second-order valence-electron chi connectivity index (χ2n) is 5.99. The zero-order valence-corrected chi connectivity index (χ0v) is 12.4. The summed E-state index contributed by atoms with van der Waals surface area (Å²) in [7, 11) is 3.85. The van der Waals surface area contributed by atoms with E-state index in [0.717, 1.165) is 32.5 Å². The van der Waals surface area contributed by atoms with E-state index in [0.29, 0.717) is 12.5 Å². The molecule has 2 atom stereocenters. The molecular weight excluding hydrogens is 240 g/mol. The molecule has 0 saturated carbocycles. The smallest absolute Gasteiger partial charge is 0.227 e. The Bertz CT molecular complexity index is 288. The lowest BCUT2D eigenvalue weighted by atomic mass is 9.88. The van der Waals surface area contributed by atoms with Crippen LogP contribution in [0.5, 0.6) is 0 Å². The van der Waals surface area contributed by atoms with Crippen molar-refractivity contribution < 1.29 is 9.53 Å². The molecular formula is C15H28N2O2. The molecule has 2 saturated heterocycles. The number of carbonyl (C=O) groups is 1. The number of hydrogen-bond donors (Lipinski definition) is 0. The van der Waals surface area contributed by atoms with Crippen molar-refractivity contribution in [1.29, 1.82) is 0 Å². The number of ether oxygens (including phenoxy) is 1. The minimum atomic E-state index is 0.136. The van der Waals surface area contributed by atoms with E-state index in [2.05, 4.69) is 16.8 Å². The van der Waals surface area contributed by atoms with Crippen LogP contribution in [0.3, 0.4) is 0 Å². The summed E-state index contributed by atoms with van der Waals surface area (Å²) in [5.41, 5.74) is 0. The van der Waals surface area contributed by atoms with Crippen molar-refractivity contribution in [2.45, 2.75) is 44.6 Å². The largest absolute Gasteiger partial charge is 0.383 e. The first kappa shape index (κ1) is 14.8. The van der Waals surface area contributed by atoms with E-state index in [1.165, 1.54) is 25.7 Å². The molecule has 0 bridgehead atoms. The van der Waals surface area contributed by atoms with Gasteiger partial charge in [-0.1, -0.05) is 12.8 Å². The molecule has 4 nitrogen and oxygen atoms in total. The van der Waals surface area contributed by atoms with E-state index < -0.39 is 0 Å². The highest BCUT2D eigenvalue weighted by atomic mass is 16.5. The van der Waals surface area contributed by atoms with Crippen LogP contribution in [0.4, 0.5) is 0 Å². The summed E-state index contributed by atoms with van der Waals surface area (Å²) in [6.07, 6.45) is 7.03. The Morgan fingerprint density at radius 3 is 2.42 bits per heavy atom. The van der Waals surface area contributed by atoms with E-state index in [1.54, 1.807) is 7.11 Å². The summed E-state index contributed by atoms with van der Waals surface area (Å²) in [6.45, 7) is 3.66. The fourth-order valence-corrected chi connectivity index (χ4v) is 3.45. The van der Waals surface area contributed by atoms with Gasteiger partial charge in [-0.3, -0.25) is 4.79 Å². The fourth-order valence-electron chi connectivity index (χ4n) is 3.45. The monoisotopic (exact) mass is 268 g/mol. The molecule has 2 fully saturated rings. The fraction of sp³-hybridized carbons (Fsp3) is 0.933. The maximum atomic E-state index is 12.8. The third-order valence-electron chi connectivity index (χ3n) is 4.63. The summed E-state index contributed by atoms with van der Waals surface area (Å²) in [4.78, 5) is 17.2. The third kappa shape index (κ3) is 3.69. The molecule has 2 rings (SSSR count). The maximum Gasteiger partial charge on any atom is 0.227 e. The van der Waals surface area contributed by atoms with E-state index in [-0.39, 0.29) is 12.0 Å². The average Bonchev–Trinajstić information content (AvgIpc) is 2.69. The zero-order valence-electron chi connectivity index (χ0n) is 12.4. The molecule has 19 heavy (non-hydrogen) atoms. The molecule has 2 heterocycles. The van der Waals surface area contributed by atoms with Gasteiger partial charge in [0.15, 0.2) is 0 Å². The number of nitrogens with zero attached hydrogens (tertiary/aromatic N) is 2. The first-order valence-electron chi connectivity index (χ1n) is 7.72. The molecule has 2 aliphatic heterocycles. The summed E-state index contributed by atoms with van der Waals surface area (Å²) < 4.78 is 5.33. The highest BCUT2D eigenvalue weighted by Gasteiger charge is 2.36. The SMILES string of the molecule is COC[C@@H]1[C@H](C(=O)N2CCCCCC2)CCCN1C. The van der Waals surface area contributed by atoms with Crippen molar-refractivity contribution in [2.24, 2.45) is 5.92 Å². The summed E-state index contributed by atoms with van der Waals surface area (Å²) >= 11 is 0. The van der Waals surface area contributed by atoms with Gasteiger partial charge < -0.3 is 14.5 Å². The Hall–Kier alpha value is -0.610. The topological polar surface area (TPSA) is 32.8 Å². The van der Waals surface area contributed by atoms with Crippen molar-refractivity contribution in [1.82, 2.24) is 9.80 Å². The van der Waals surface area contributed by atoms with E-state index >= 15 is 0 Å². The van der Waals surface area contributed by atoms with Crippen LogP contribution in [-0.4, -0.2) is 62.1 Å². The van der Waals surface area contributed by atoms with E-state index in [9.17, 15) is 4.79 Å². The van der Waals surface area contributed by atoms with Gasteiger partial charge in [-0.2, -0.15) is 0 Å². The van der Waals surface area contributed by atoms with Crippen LogP contribution in [-0.2, 0) is 9.53 Å². The summed E-state index contributed by atoms with van der Waals surface area (Å²) in [5, 5.41) is 0. The van der Waals surface area contributed by atoms with Crippen LogP contribution in [0, 0.1) is 5.92 Å². The van der Waals surface area contributed by atoms with Crippen molar-refractivity contribution in [3.63, 3.8) is 0 Å². The number of piperidine rings is 1. The lowest BCUT2D eigenvalue weighted by Crippen LogP contribution is -2.52. The first-order valence-corrected chi connectivity index (χ1v) is 7.72. The standard InChI is InChI=1S/C15H28N2O2/c1-16-9-7-8-13(14(16)12-19-2)15(18)17-10-5-3-4-6-11-17/h13-14H,3-12H2,1-2H3/t13-,14-/m1/s1. The van der Waals surface area contributed by atoms with Crippen molar-refractivity contribution in [3.8, 4) is 0 Å². The number of likely N-dealkylation sites (N-methyl/N-ethyl adjacent to an activating group) is 1. The normalized spacial score (nSPS) is 30.1. The first-order chi connectivity index (χ1) is 9.24. The highest BCUT2D eigenvalue weighted by Crippen LogP contribution is 2.26. The molecule has 110 valence electrons. The summed E-state index contributed by atoms with van der Waals surface area (Å²) in [5.74, 6) is 0.507. The van der Waals surface area contributed by atoms with Gasteiger partial charge in [-0.05, 0) is 39.3 Å². The van der Waals surface area contributed by atoms with E-state index in [4.69, 9.17) is 4.74 Å². The van der Waals surface area contributed by atoms with Gasteiger partial charge in [0.25, 0.3) is 0 Å². The predicted molar refractivity (Wildman–Crippen MR) is 76.1 cm³/mol. The molecule has 0 aromatic rings. The molecule has 1 amide bonds. The molecule has 0 aromatic heterocycles. The second-order valence-corrected chi connectivity index (χ2v) is 5.99. The van der Waals surface area contributed by atoms with Gasteiger partial charge in [0.1, 0.15) is 0 Å². The van der Waals surface area contributed by atoms with Crippen LogP contribution in [0.1, 0.15) is 38.5 Å². The Morgan fingerprint density at radius 2 is 1.79 bits per heavy atom. The Morgan fingerprint density at radius 1 is 1.11 bits per heavy atom. The van der Waals surface area contributed by atoms with Crippen LogP contribution in [0.15, 0.2) is 0 Å². The summed E-state index contributed by atoms with van der Waals surface area (Å²) in [6, 6.07) is 0.259. The predicted octanol–water partition coefficient (Wildman–Crippen LogP) is 1.75. The number of likely N-dealkylation sites (tertiary alicyclic amines) is 2. The molecule has 2 aliphatic rings. The molecule has 4 heteroatoms. The third-order valence-corrected chi connectivity index (χ3v) is 4.63. The number of hydrogen-bond acceptors (Lipinski definition) is 3. The van der Waals surface area contributed by atoms with Gasteiger partial charge in [-0.15, -0.1) is 0 Å². The van der Waals surface area contributed by atoms with Crippen LogP contribution in [0.25, 0.3) is 0 Å². The molecule has 0 aromatic carbocycles. The lowest BCUT2D eigenvalue weighted by Gasteiger charge is -2.40. The van der Waals surface area contributed by atoms with Crippen LogP contribution >= 0.6 is 0 Å². The van der Waals surface area contributed by atoms with Gasteiger partial charge >= 0.3 is 0 Å². The van der Waals surface area contributed by atoms with Crippen molar-refractivity contribution >= 4 is 5.91 Å². The van der Waals surface area contributed by atoms with E-state index in [1.807, 2.05) is 0 Å². The van der Waals surface area contributed by atoms with Crippen LogP contribution < -0.4 is 0 Å². The zero-order chi connectivity index (χ0) is 13.7. The molecule has 0 unspecified atom stereocenters. The van der Waals surface area contributed by atoms with Crippen molar-refractivity contribution in [3.05, 3.63) is 0 Å². The quantitative estimate of drug-likeness (QED) is 0.782. The number of amides is 1. The second kappa shape index (κ2) is 7.25. The Labute approximate surface area is 117 Å². The lowest BCUT2D eigenvalue weighted by molar-refractivity contribution is -0.140. The Balaban J connectivity index is 2.01. The molecule has 0 N–H and O–H groups in total. The minimum absolute atomic E-state index is 0.136. The number of rotatable bonds is 3. The van der Waals surface area contributed by atoms with Gasteiger partial charge in [-0.25, -0.2) is 0 Å². The maximum absolute atomic E-state index is 12.8.